The van der Waals surface area contributed by atoms with Crippen molar-refractivity contribution in [1.29, 1.82) is 0 Å². The summed E-state index contributed by atoms with van der Waals surface area (Å²) in [5.41, 5.74) is 1.93. The highest BCUT2D eigenvalue weighted by molar-refractivity contribution is 7.27. The summed E-state index contributed by atoms with van der Waals surface area (Å²) in [5, 5.41) is 0. The number of thiophene rings is 6. The molecule has 5 aliphatic carbocycles. The van der Waals surface area contributed by atoms with Gasteiger partial charge in [0.15, 0.2) is 0 Å². The lowest BCUT2D eigenvalue weighted by atomic mass is 9.93. The van der Waals surface area contributed by atoms with E-state index in [2.05, 4.69) is 12.1 Å². The first-order chi connectivity index (χ1) is 27.5. The molecule has 0 saturated heterocycles. The molecular weight excluding hydrogens is 847 g/mol. The van der Waals surface area contributed by atoms with Crippen LogP contribution in [0.2, 0.25) is 0 Å². The normalized spacial score (nSPS) is 20.7. The number of hydrogen-bond acceptors (Lipinski definition) is 6. The maximum absolute atomic E-state index is 17.0. The zero-order valence-electron chi connectivity index (χ0n) is 31.0. The van der Waals surface area contributed by atoms with Crippen molar-refractivity contribution in [3.8, 4) is 39.0 Å². The molecule has 6 heterocycles. The average Bonchev–Trinajstić information content (AvgIpc) is 4.06. The fourth-order valence-corrected chi connectivity index (χ4v) is 17.3. The van der Waals surface area contributed by atoms with Gasteiger partial charge in [0.2, 0.25) is 0 Å². The number of aryl methyl sites for hydroxylation is 8. The van der Waals surface area contributed by atoms with Crippen molar-refractivity contribution < 1.29 is 26.3 Å². The first-order valence-corrected chi connectivity index (χ1v) is 25.0. The van der Waals surface area contributed by atoms with Crippen molar-refractivity contribution in [2.45, 2.75) is 121 Å². The molecule has 11 rings (SSSR count). The monoisotopic (exact) mass is 884 g/mol. The zero-order chi connectivity index (χ0) is 38.8. The van der Waals surface area contributed by atoms with Crippen LogP contribution in [0, 0.1) is 0 Å². The van der Waals surface area contributed by atoms with Crippen LogP contribution in [0.15, 0.2) is 36.4 Å². The maximum atomic E-state index is 17.0. The third-order valence-corrected chi connectivity index (χ3v) is 20.6. The molecule has 0 radical (unpaired) electrons. The summed E-state index contributed by atoms with van der Waals surface area (Å²) in [6, 6.07) is 11.3. The number of allylic oxidation sites excluding steroid dienone is 2. The van der Waals surface area contributed by atoms with Gasteiger partial charge < -0.3 is 0 Å². The van der Waals surface area contributed by atoms with E-state index in [9.17, 15) is 0 Å². The van der Waals surface area contributed by atoms with Gasteiger partial charge in [-0.3, -0.25) is 0 Å². The minimum absolute atomic E-state index is 0.187. The van der Waals surface area contributed by atoms with Crippen LogP contribution in [0.4, 0.5) is 26.3 Å². The van der Waals surface area contributed by atoms with Crippen LogP contribution >= 0.6 is 68.0 Å². The van der Waals surface area contributed by atoms with E-state index in [0.29, 0.717) is 29.3 Å². The summed E-state index contributed by atoms with van der Waals surface area (Å²) < 4.78 is 100. The number of alkyl halides is 6. The van der Waals surface area contributed by atoms with Crippen molar-refractivity contribution >= 4 is 79.2 Å². The number of hydrogen-bond donors (Lipinski definition) is 0. The Labute approximate surface area is 351 Å². The number of halogens is 6. The fraction of sp³-hybridized carbons (Fsp3) is 0.422. The first kappa shape index (κ1) is 37.5. The largest absolute Gasteiger partial charge is 0.380 e. The molecule has 12 heteroatoms. The van der Waals surface area contributed by atoms with Crippen LogP contribution in [-0.4, -0.2) is 17.8 Å². The molecular formula is C45H38F6S6. The van der Waals surface area contributed by atoms with Crippen LogP contribution in [0.25, 0.3) is 50.2 Å². The minimum atomic E-state index is -5.64. The van der Waals surface area contributed by atoms with E-state index in [0.717, 1.165) is 133 Å². The second-order valence-electron chi connectivity index (χ2n) is 16.2. The molecule has 0 atom stereocenters. The maximum Gasteiger partial charge on any atom is 0.380 e. The quantitative estimate of drug-likeness (QED) is 0.146. The molecule has 0 spiro atoms. The zero-order valence-corrected chi connectivity index (χ0v) is 35.9. The lowest BCUT2D eigenvalue weighted by molar-refractivity contribution is -0.254. The molecule has 296 valence electrons. The molecule has 5 aliphatic rings. The Morgan fingerprint density at radius 1 is 0.333 bits per heavy atom. The Kier molecular flexibility index (Phi) is 9.07. The van der Waals surface area contributed by atoms with E-state index < -0.39 is 28.9 Å². The summed E-state index contributed by atoms with van der Waals surface area (Å²) >= 11 is 8.80. The topological polar surface area (TPSA) is 0 Å². The first-order valence-electron chi connectivity index (χ1n) is 20.1. The van der Waals surface area contributed by atoms with Gasteiger partial charge in [-0.2, -0.15) is 26.3 Å². The highest BCUT2D eigenvalue weighted by Gasteiger charge is 2.80. The molecule has 6 aromatic heterocycles. The average molecular weight is 885 g/mol. The smallest absolute Gasteiger partial charge is 0.194 e. The van der Waals surface area contributed by atoms with Crippen molar-refractivity contribution in [3.63, 3.8) is 0 Å². The van der Waals surface area contributed by atoms with Crippen LogP contribution in [0.1, 0.15) is 104 Å². The molecule has 6 aromatic rings. The highest BCUT2D eigenvalue weighted by Crippen LogP contribution is 2.68. The Hall–Kier alpha value is -2.48. The molecule has 0 aromatic carbocycles. The van der Waals surface area contributed by atoms with Crippen molar-refractivity contribution in [3.05, 3.63) is 89.3 Å². The van der Waals surface area contributed by atoms with Crippen LogP contribution in [0.3, 0.4) is 0 Å². The van der Waals surface area contributed by atoms with E-state index in [4.69, 9.17) is 0 Å². The second kappa shape index (κ2) is 13.8. The third kappa shape index (κ3) is 5.87. The van der Waals surface area contributed by atoms with E-state index in [1.165, 1.54) is 66.2 Å². The summed E-state index contributed by atoms with van der Waals surface area (Å²) in [5.74, 6) is -15.9. The van der Waals surface area contributed by atoms with E-state index >= 15 is 26.3 Å². The second-order valence-corrected chi connectivity index (χ2v) is 22.9. The van der Waals surface area contributed by atoms with Gasteiger partial charge in [-0.05, 0) is 161 Å². The van der Waals surface area contributed by atoms with Crippen LogP contribution in [-0.2, 0) is 51.4 Å². The predicted octanol–water partition coefficient (Wildman–Crippen LogP) is 16.1. The van der Waals surface area contributed by atoms with E-state index in [1.54, 1.807) is 34.8 Å². The third-order valence-electron chi connectivity index (χ3n) is 12.6. The molecule has 0 saturated carbocycles. The lowest BCUT2D eigenvalue weighted by Crippen LogP contribution is -2.48. The Morgan fingerprint density at radius 3 is 0.947 bits per heavy atom. The minimum Gasteiger partial charge on any atom is -0.194 e. The summed E-state index contributed by atoms with van der Waals surface area (Å²) in [6.07, 6.45) is 15.6. The standard InChI is InChI=1S/C45H38F6S6/c46-43(47)39(27-21-35(33-17-23-9-1-5-13-29(23)52-33)56-41(27)37-19-25-11-3-7-15-31(25)54-37)40(44(48,49)45(43,50)51)28-22-36(34-18-24-10-2-6-14-30(24)53-34)57-42(28)38-20-26-12-4-8-16-32(26)55-38/h17-22H,1-16H2. The SMILES string of the molecule is FC1(F)C(c2cc(-c3cc4c(s3)CCCC4)sc2-c2cc3c(s2)CCCC3)=C(c2cc(-c3cc4c(s3)CCCC4)sc2-c2cc3c(s2)CCCC3)C(F)(F)C1(F)F. The van der Waals surface area contributed by atoms with Crippen molar-refractivity contribution in [1.82, 2.24) is 0 Å². The van der Waals surface area contributed by atoms with E-state index in [1.807, 2.05) is 12.1 Å². The summed E-state index contributed by atoms with van der Waals surface area (Å²) in [6.45, 7) is 0. The summed E-state index contributed by atoms with van der Waals surface area (Å²) in [4.78, 5) is 10.1. The Bertz CT molecular complexity index is 2330. The van der Waals surface area contributed by atoms with Crippen molar-refractivity contribution in [2.75, 3.05) is 0 Å². The fourth-order valence-electron chi connectivity index (χ4n) is 9.62. The van der Waals surface area contributed by atoms with Gasteiger partial charge in [0.25, 0.3) is 0 Å². The Morgan fingerprint density at radius 2 is 0.614 bits per heavy atom. The molecule has 0 amide bonds. The van der Waals surface area contributed by atoms with Gasteiger partial charge in [0.05, 0.1) is 9.75 Å². The lowest BCUT2D eigenvalue weighted by Gasteiger charge is -2.25. The van der Waals surface area contributed by atoms with Gasteiger partial charge >= 0.3 is 17.8 Å². The van der Waals surface area contributed by atoms with Crippen molar-refractivity contribution in [2.24, 2.45) is 0 Å². The van der Waals surface area contributed by atoms with Crippen LogP contribution < -0.4 is 0 Å². The Balaban J connectivity index is 1.18. The van der Waals surface area contributed by atoms with Gasteiger partial charge in [-0.25, -0.2) is 0 Å². The molecule has 0 unspecified atom stereocenters. The number of rotatable bonds is 6. The molecule has 0 bridgehead atoms. The molecule has 57 heavy (non-hydrogen) atoms. The summed E-state index contributed by atoms with van der Waals surface area (Å²) in [7, 11) is 0. The van der Waals surface area contributed by atoms with Gasteiger partial charge in [-0.15, -0.1) is 68.0 Å². The van der Waals surface area contributed by atoms with Gasteiger partial charge in [0, 0.05) is 71.0 Å². The number of fused-ring (bicyclic) bond motifs is 4. The molecule has 0 aliphatic heterocycles. The predicted molar refractivity (Wildman–Crippen MR) is 230 cm³/mol. The van der Waals surface area contributed by atoms with E-state index in [-0.39, 0.29) is 11.1 Å². The van der Waals surface area contributed by atoms with Gasteiger partial charge in [0.1, 0.15) is 0 Å². The molecule has 0 fully saturated rings. The molecule has 0 N–H and O–H groups in total. The van der Waals surface area contributed by atoms with Crippen LogP contribution in [0.5, 0.6) is 0 Å². The highest BCUT2D eigenvalue weighted by atomic mass is 32.1. The molecule has 0 nitrogen and oxygen atoms in total. The van der Waals surface area contributed by atoms with Gasteiger partial charge in [-0.1, -0.05) is 0 Å².